The van der Waals surface area contributed by atoms with E-state index >= 15 is 0 Å². The molecule has 1 fully saturated rings. The Morgan fingerprint density at radius 3 is 3.05 bits per heavy atom. The topological polar surface area (TPSA) is 93.1 Å². The minimum absolute atomic E-state index is 0.0318. The molecule has 2 rings (SSSR count). The van der Waals surface area contributed by atoms with E-state index in [1.807, 2.05) is 13.1 Å². The van der Waals surface area contributed by atoms with Gasteiger partial charge in [-0.15, -0.1) is 0 Å². The number of hydrogen-bond acceptors (Lipinski definition) is 5. The van der Waals surface area contributed by atoms with Gasteiger partial charge in [0.2, 0.25) is 5.91 Å². The fourth-order valence-electron chi connectivity index (χ4n) is 2.04. The van der Waals surface area contributed by atoms with E-state index in [9.17, 15) is 13.2 Å². The molecule has 0 bridgehead atoms. The summed E-state index contributed by atoms with van der Waals surface area (Å²) in [5.74, 6) is 0.0172. The molecule has 1 aromatic heterocycles. The highest BCUT2D eigenvalue weighted by Crippen LogP contribution is 2.05. The van der Waals surface area contributed by atoms with E-state index in [4.69, 9.17) is 0 Å². The molecule has 0 spiro atoms. The molecule has 1 unspecified atom stereocenters. The van der Waals surface area contributed by atoms with Gasteiger partial charge in [-0.25, -0.2) is 8.42 Å². The van der Waals surface area contributed by atoms with E-state index in [-0.39, 0.29) is 29.9 Å². The molecule has 1 aliphatic rings. The largest absolute Gasteiger partial charge is 0.350 e. The Kier molecular flexibility index (Phi) is 4.20. The SMILES string of the molecule is Cn1ccc(CNC(=O)CC2CS(=O)(=O)CCN2)n1. The van der Waals surface area contributed by atoms with E-state index in [1.54, 1.807) is 10.9 Å². The van der Waals surface area contributed by atoms with E-state index in [0.717, 1.165) is 5.69 Å². The predicted octanol–water partition coefficient (Wildman–Crippen LogP) is -1.19. The Hall–Kier alpha value is -1.41. The summed E-state index contributed by atoms with van der Waals surface area (Å²) >= 11 is 0. The Balaban J connectivity index is 1.78. The van der Waals surface area contributed by atoms with Crippen molar-refractivity contribution in [3.8, 4) is 0 Å². The van der Waals surface area contributed by atoms with Gasteiger partial charge < -0.3 is 10.6 Å². The van der Waals surface area contributed by atoms with Gasteiger partial charge in [-0.1, -0.05) is 0 Å². The van der Waals surface area contributed by atoms with Crippen molar-refractivity contribution in [2.75, 3.05) is 18.1 Å². The Bertz CT molecular complexity index is 552. The van der Waals surface area contributed by atoms with Gasteiger partial charge in [0, 0.05) is 32.3 Å². The van der Waals surface area contributed by atoms with Crippen LogP contribution in [0.3, 0.4) is 0 Å². The molecule has 0 saturated carbocycles. The number of rotatable bonds is 4. The van der Waals surface area contributed by atoms with Crippen LogP contribution in [-0.4, -0.2) is 48.2 Å². The number of carbonyl (C=O) groups excluding carboxylic acids is 1. The smallest absolute Gasteiger partial charge is 0.221 e. The fraction of sp³-hybridized carbons (Fsp3) is 0.636. The van der Waals surface area contributed by atoms with Crippen LogP contribution < -0.4 is 10.6 Å². The molecule has 1 saturated heterocycles. The predicted molar refractivity (Wildman–Crippen MR) is 70.1 cm³/mol. The van der Waals surface area contributed by atoms with Gasteiger partial charge in [0.15, 0.2) is 9.84 Å². The molecule has 2 heterocycles. The highest BCUT2D eigenvalue weighted by Gasteiger charge is 2.25. The molecule has 7 nitrogen and oxygen atoms in total. The molecule has 0 aromatic carbocycles. The van der Waals surface area contributed by atoms with Gasteiger partial charge in [0.25, 0.3) is 0 Å². The summed E-state index contributed by atoms with van der Waals surface area (Å²) < 4.78 is 24.5. The molecule has 1 aliphatic heterocycles. The minimum atomic E-state index is -3.00. The lowest BCUT2D eigenvalue weighted by molar-refractivity contribution is -0.121. The molecular weight excluding hydrogens is 268 g/mol. The average Bonchev–Trinajstić information content (AvgIpc) is 2.71. The maximum atomic E-state index is 11.7. The lowest BCUT2D eigenvalue weighted by atomic mass is 10.2. The van der Waals surface area contributed by atoms with Crippen molar-refractivity contribution in [3.05, 3.63) is 18.0 Å². The van der Waals surface area contributed by atoms with Crippen LogP contribution in [0.5, 0.6) is 0 Å². The zero-order chi connectivity index (χ0) is 13.9. The molecule has 0 radical (unpaired) electrons. The van der Waals surface area contributed by atoms with Crippen molar-refractivity contribution >= 4 is 15.7 Å². The van der Waals surface area contributed by atoms with Crippen molar-refractivity contribution in [3.63, 3.8) is 0 Å². The third kappa shape index (κ3) is 4.32. The highest BCUT2D eigenvalue weighted by molar-refractivity contribution is 7.91. The second-order valence-corrected chi connectivity index (χ2v) is 6.96. The summed E-state index contributed by atoms with van der Waals surface area (Å²) in [4.78, 5) is 11.7. The molecule has 1 amide bonds. The van der Waals surface area contributed by atoms with Crippen LogP contribution in [-0.2, 0) is 28.2 Å². The first-order valence-electron chi connectivity index (χ1n) is 6.14. The zero-order valence-electron chi connectivity index (χ0n) is 10.8. The second-order valence-electron chi connectivity index (χ2n) is 4.73. The van der Waals surface area contributed by atoms with Gasteiger partial charge in [0.05, 0.1) is 23.7 Å². The molecule has 8 heteroatoms. The van der Waals surface area contributed by atoms with Crippen LogP contribution >= 0.6 is 0 Å². The van der Waals surface area contributed by atoms with Gasteiger partial charge in [-0.2, -0.15) is 5.10 Å². The number of aryl methyl sites for hydroxylation is 1. The number of nitrogens with zero attached hydrogens (tertiary/aromatic N) is 2. The number of sulfone groups is 1. The number of nitrogens with one attached hydrogen (secondary N) is 2. The summed E-state index contributed by atoms with van der Waals surface area (Å²) in [6.07, 6.45) is 1.98. The van der Waals surface area contributed by atoms with Crippen molar-refractivity contribution in [2.24, 2.45) is 7.05 Å². The fourth-order valence-corrected chi connectivity index (χ4v) is 3.49. The molecule has 0 aliphatic carbocycles. The first kappa shape index (κ1) is 14.0. The van der Waals surface area contributed by atoms with Crippen LogP contribution in [0.25, 0.3) is 0 Å². The van der Waals surface area contributed by atoms with Crippen LogP contribution in [0.4, 0.5) is 0 Å². The number of carbonyl (C=O) groups is 1. The monoisotopic (exact) mass is 286 g/mol. The number of amides is 1. The Labute approximate surface area is 112 Å². The van der Waals surface area contributed by atoms with E-state index in [0.29, 0.717) is 13.1 Å². The summed E-state index contributed by atoms with van der Waals surface area (Å²) in [5.41, 5.74) is 0.778. The van der Waals surface area contributed by atoms with Gasteiger partial charge >= 0.3 is 0 Å². The van der Waals surface area contributed by atoms with Crippen molar-refractivity contribution in [2.45, 2.75) is 19.0 Å². The Morgan fingerprint density at radius 1 is 1.63 bits per heavy atom. The summed E-state index contributed by atoms with van der Waals surface area (Å²) in [7, 11) is -1.19. The van der Waals surface area contributed by atoms with E-state index in [1.165, 1.54) is 0 Å². The molecule has 1 aromatic rings. The minimum Gasteiger partial charge on any atom is -0.350 e. The maximum absolute atomic E-state index is 11.7. The molecule has 2 N–H and O–H groups in total. The lowest BCUT2D eigenvalue weighted by Crippen LogP contribution is -2.47. The van der Waals surface area contributed by atoms with E-state index < -0.39 is 9.84 Å². The van der Waals surface area contributed by atoms with Gasteiger partial charge in [0.1, 0.15) is 0 Å². The molecule has 19 heavy (non-hydrogen) atoms. The Morgan fingerprint density at radius 2 is 2.42 bits per heavy atom. The zero-order valence-corrected chi connectivity index (χ0v) is 11.6. The van der Waals surface area contributed by atoms with Crippen LogP contribution in [0.15, 0.2) is 12.3 Å². The number of hydrogen-bond donors (Lipinski definition) is 2. The quantitative estimate of drug-likeness (QED) is 0.726. The third-order valence-corrected chi connectivity index (χ3v) is 4.70. The molecular formula is C11H18N4O3S. The summed E-state index contributed by atoms with van der Waals surface area (Å²) in [6.45, 7) is 0.777. The normalized spacial score (nSPS) is 22.1. The van der Waals surface area contributed by atoms with Gasteiger partial charge in [-0.05, 0) is 6.07 Å². The molecule has 1 atom stereocenters. The average molecular weight is 286 g/mol. The highest BCUT2D eigenvalue weighted by atomic mass is 32.2. The standard InChI is InChI=1S/C11H18N4O3S/c1-15-4-2-9(14-15)7-13-11(16)6-10-8-19(17,18)5-3-12-10/h2,4,10,12H,3,5-8H2,1H3,(H,13,16). The van der Waals surface area contributed by atoms with Crippen LogP contribution in [0.2, 0.25) is 0 Å². The van der Waals surface area contributed by atoms with Crippen LogP contribution in [0.1, 0.15) is 12.1 Å². The maximum Gasteiger partial charge on any atom is 0.221 e. The van der Waals surface area contributed by atoms with Crippen molar-refractivity contribution in [1.29, 1.82) is 0 Å². The van der Waals surface area contributed by atoms with Crippen LogP contribution in [0, 0.1) is 0 Å². The second kappa shape index (κ2) is 5.70. The first-order chi connectivity index (χ1) is 8.94. The van der Waals surface area contributed by atoms with Crippen molar-refractivity contribution < 1.29 is 13.2 Å². The number of aromatic nitrogens is 2. The van der Waals surface area contributed by atoms with Gasteiger partial charge in [-0.3, -0.25) is 9.48 Å². The summed E-state index contributed by atoms with van der Waals surface area (Å²) in [6, 6.07) is 1.53. The third-order valence-electron chi connectivity index (χ3n) is 2.97. The lowest BCUT2D eigenvalue weighted by Gasteiger charge is -2.22. The summed E-state index contributed by atoms with van der Waals surface area (Å²) in [5, 5.41) is 9.93. The molecule has 106 valence electrons. The van der Waals surface area contributed by atoms with E-state index in [2.05, 4.69) is 15.7 Å². The first-order valence-corrected chi connectivity index (χ1v) is 7.96. The van der Waals surface area contributed by atoms with Crippen molar-refractivity contribution in [1.82, 2.24) is 20.4 Å².